The summed E-state index contributed by atoms with van der Waals surface area (Å²) < 4.78 is 32.6. The molecule has 5 nitrogen and oxygen atoms in total. The van der Waals surface area contributed by atoms with E-state index in [1.807, 2.05) is 84.9 Å². The van der Waals surface area contributed by atoms with Crippen molar-refractivity contribution >= 4 is 11.8 Å². The molecule has 1 heterocycles. The lowest BCUT2D eigenvalue weighted by molar-refractivity contribution is -0.253. The van der Waals surface area contributed by atoms with Gasteiger partial charge in [-0.2, -0.15) is 0 Å². The molecule has 0 spiro atoms. The van der Waals surface area contributed by atoms with Crippen molar-refractivity contribution in [1.29, 1.82) is 0 Å². The Kier molecular flexibility index (Phi) is 11.7. The summed E-state index contributed by atoms with van der Waals surface area (Å²) in [6.07, 6.45) is 3.71. The molecule has 0 aromatic heterocycles. The van der Waals surface area contributed by atoms with Gasteiger partial charge in [0.2, 0.25) is 0 Å². The second-order valence-corrected chi connectivity index (χ2v) is 11.1. The number of benzene rings is 4. The standard InChI is InChI=1S/C36H36O5S/c1-2-23-37-27-32-33(38-24-28-15-7-3-8-16-28)34(39-25-29-17-9-4-10-18-29)35(40-26-30-19-11-5-12-20-30)36(41-32)42-31-21-13-6-14-22-31/h1,3-22,32-36H,23-27H2/t32-,33+,34+,35-,36+/m1/s1. The number of terminal acetylenes is 1. The number of hydrogen-bond donors (Lipinski definition) is 0. The van der Waals surface area contributed by atoms with Crippen LogP contribution in [0.15, 0.2) is 126 Å². The summed E-state index contributed by atoms with van der Waals surface area (Å²) in [6, 6.07) is 40.6. The Balaban J connectivity index is 1.46. The fourth-order valence-electron chi connectivity index (χ4n) is 4.84. The van der Waals surface area contributed by atoms with Crippen molar-refractivity contribution in [3.05, 3.63) is 138 Å². The molecule has 5 rings (SSSR count). The Hall–Kier alpha value is -3.41. The predicted octanol–water partition coefficient (Wildman–Crippen LogP) is 6.91. The van der Waals surface area contributed by atoms with Crippen molar-refractivity contribution in [1.82, 2.24) is 0 Å². The van der Waals surface area contributed by atoms with Crippen molar-refractivity contribution < 1.29 is 23.7 Å². The molecule has 0 saturated carbocycles. The van der Waals surface area contributed by atoms with Gasteiger partial charge in [0.05, 0.1) is 26.4 Å². The topological polar surface area (TPSA) is 46.2 Å². The van der Waals surface area contributed by atoms with Gasteiger partial charge in [-0.05, 0) is 28.8 Å². The van der Waals surface area contributed by atoms with Gasteiger partial charge < -0.3 is 23.7 Å². The summed E-state index contributed by atoms with van der Waals surface area (Å²) in [7, 11) is 0. The van der Waals surface area contributed by atoms with Crippen LogP contribution in [0.1, 0.15) is 16.7 Å². The van der Waals surface area contributed by atoms with Gasteiger partial charge in [-0.3, -0.25) is 0 Å². The molecular weight excluding hydrogens is 544 g/mol. The van der Waals surface area contributed by atoms with Crippen LogP contribution in [-0.2, 0) is 43.5 Å². The second-order valence-electron chi connectivity index (χ2n) is 9.98. The van der Waals surface area contributed by atoms with Crippen molar-refractivity contribution in [3.63, 3.8) is 0 Å². The summed E-state index contributed by atoms with van der Waals surface area (Å²) in [5.74, 6) is 2.56. The van der Waals surface area contributed by atoms with E-state index in [4.69, 9.17) is 30.1 Å². The Morgan fingerprint density at radius 1 is 0.595 bits per heavy atom. The average molecular weight is 581 g/mol. The number of hydrogen-bond acceptors (Lipinski definition) is 6. The van der Waals surface area contributed by atoms with E-state index in [0.717, 1.165) is 21.6 Å². The zero-order valence-corrected chi connectivity index (χ0v) is 24.3. The van der Waals surface area contributed by atoms with E-state index in [9.17, 15) is 0 Å². The zero-order valence-electron chi connectivity index (χ0n) is 23.5. The molecule has 1 saturated heterocycles. The molecule has 5 atom stereocenters. The van der Waals surface area contributed by atoms with E-state index in [1.165, 1.54) is 0 Å². The van der Waals surface area contributed by atoms with Gasteiger partial charge in [-0.15, -0.1) is 6.42 Å². The molecule has 6 heteroatoms. The first-order valence-electron chi connectivity index (χ1n) is 14.1. The third-order valence-corrected chi connectivity index (χ3v) is 8.07. The first-order valence-corrected chi connectivity index (χ1v) is 15.0. The van der Waals surface area contributed by atoms with Gasteiger partial charge in [0.25, 0.3) is 0 Å². The maximum absolute atomic E-state index is 6.76. The lowest BCUT2D eigenvalue weighted by Gasteiger charge is -2.46. The van der Waals surface area contributed by atoms with Gasteiger partial charge in [-0.1, -0.05) is 127 Å². The third kappa shape index (κ3) is 8.80. The van der Waals surface area contributed by atoms with Crippen molar-refractivity contribution in [2.75, 3.05) is 13.2 Å². The molecule has 0 N–H and O–H groups in total. The maximum atomic E-state index is 6.76. The highest BCUT2D eigenvalue weighted by molar-refractivity contribution is 7.99. The largest absolute Gasteiger partial charge is 0.368 e. The number of thioether (sulfide) groups is 1. The minimum absolute atomic E-state index is 0.186. The molecule has 1 aliphatic rings. The van der Waals surface area contributed by atoms with Crippen LogP contribution in [0, 0.1) is 12.3 Å². The molecule has 1 aliphatic heterocycles. The molecule has 4 aromatic rings. The molecule has 1 fully saturated rings. The minimum atomic E-state index is -0.472. The lowest BCUT2D eigenvalue weighted by atomic mass is 9.99. The predicted molar refractivity (Wildman–Crippen MR) is 166 cm³/mol. The summed E-state index contributed by atoms with van der Waals surface area (Å²) in [5.41, 5.74) is 2.82. The molecule has 0 amide bonds. The molecule has 0 aliphatic carbocycles. The van der Waals surface area contributed by atoms with Gasteiger partial charge in [0, 0.05) is 4.90 Å². The van der Waals surface area contributed by atoms with Crippen LogP contribution in [0.25, 0.3) is 0 Å². The first kappa shape index (κ1) is 30.1. The smallest absolute Gasteiger partial charge is 0.137 e. The van der Waals surface area contributed by atoms with E-state index in [1.54, 1.807) is 11.8 Å². The molecular formula is C36H36O5S. The molecule has 0 bridgehead atoms. The Morgan fingerprint density at radius 3 is 1.55 bits per heavy atom. The van der Waals surface area contributed by atoms with E-state index in [0.29, 0.717) is 19.8 Å². The van der Waals surface area contributed by atoms with Gasteiger partial charge in [0.15, 0.2) is 0 Å². The van der Waals surface area contributed by atoms with Crippen LogP contribution in [-0.4, -0.2) is 43.1 Å². The highest BCUT2D eigenvalue weighted by Gasteiger charge is 2.48. The average Bonchev–Trinajstić information content (AvgIpc) is 3.05. The van der Waals surface area contributed by atoms with E-state index in [2.05, 4.69) is 42.3 Å². The molecule has 0 unspecified atom stereocenters. The van der Waals surface area contributed by atoms with Crippen LogP contribution >= 0.6 is 11.8 Å². The van der Waals surface area contributed by atoms with Gasteiger partial charge in [-0.25, -0.2) is 0 Å². The Bertz CT molecular complexity index is 1350. The fraction of sp³-hybridized carbons (Fsp3) is 0.278. The molecule has 216 valence electrons. The monoisotopic (exact) mass is 580 g/mol. The zero-order chi connectivity index (χ0) is 28.8. The van der Waals surface area contributed by atoms with Crippen molar-refractivity contribution in [2.24, 2.45) is 0 Å². The molecule has 0 radical (unpaired) electrons. The summed E-state index contributed by atoms with van der Waals surface area (Å²) in [5, 5.41) is 0. The third-order valence-electron chi connectivity index (χ3n) is 6.91. The van der Waals surface area contributed by atoms with E-state index >= 15 is 0 Å². The van der Waals surface area contributed by atoms with Gasteiger partial charge in [0.1, 0.15) is 36.5 Å². The highest BCUT2D eigenvalue weighted by Crippen LogP contribution is 2.38. The summed E-state index contributed by atoms with van der Waals surface area (Å²) in [6.45, 7) is 1.67. The molecule has 42 heavy (non-hydrogen) atoms. The second kappa shape index (κ2) is 16.3. The van der Waals surface area contributed by atoms with Gasteiger partial charge >= 0.3 is 0 Å². The van der Waals surface area contributed by atoms with Crippen LogP contribution in [0.4, 0.5) is 0 Å². The Labute approximate surface area is 253 Å². The van der Waals surface area contributed by atoms with Crippen LogP contribution in [0.2, 0.25) is 0 Å². The van der Waals surface area contributed by atoms with E-state index < -0.39 is 24.4 Å². The maximum Gasteiger partial charge on any atom is 0.137 e. The first-order chi connectivity index (χ1) is 20.8. The van der Waals surface area contributed by atoms with E-state index in [-0.39, 0.29) is 18.6 Å². The Morgan fingerprint density at radius 2 is 1.05 bits per heavy atom. The minimum Gasteiger partial charge on any atom is -0.368 e. The fourth-order valence-corrected chi connectivity index (χ4v) is 5.99. The normalized spacial score (nSPS) is 21.9. The summed E-state index contributed by atoms with van der Waals surface area (Å²) in [4.78, 5) is 1.07. The number of rotatable bonds is 14. The van der Waals surface area contributed by atoms with Crippen molar-refractivity contribution in [3.8, 4) is 12.3 Å². The summed E-state index contributed by atoms with van der Waals surface area (Å²) >= 11 is 1.61. The number of ether oxygens (including phenoxy) is 5. The van der Waals surface area contributed by atoms with Crippen LogP contribution in [0.5, 0.6) is 0 Å². The quantitative estimate of drug-likeness (QED) is 0.119. The molecule has 4 aromatic carbocycles. The van der Waals surface area contributed by atoms with Crippen LogP contribution < -0.4 is 0 Å². The van der Waals surface area contributed by atoms with Crippen LogP contribution in [0.3, 0.4) is 0 Å². The van der Waals surface area contributed by atoms with Crippen molar-refractivity contribution in [2.45, 2.75) is 54.6 Å². The SMILES string of the molecule is C#CCOC[C@H]1O[C@@H](Sc2ccccc2)[C@H](OCc2ccccc2)[C@@H](OCc2ccccc2)[C@H]1OCc1ccccc1. The highest BCUT2D eigenvalue weighted by atomic mass is 32.2. The lowest BCUT2D eigenvalue weighted by Crippen LogP contribution is -2.60.